The number of amides is 2. The molecule has 6 heteroatoms. The molecule has 0 saturated heterocycles. The van der Waals surface area contributed by atoms with Gasteiger partial charge in [0.2, 0.25) is 0 Å². The molecule has 1 aliphatic carbocycles. The fourth-order valence-electron chi connectivity index (χ4n) is 2.06. The van der Waals surface area contributed by atoms with Crippen LogP contribution in [-0.2, 0) is 0 Å². The molecule has 1 aliphatic rings. The molecule has 0 radical (unpaired) electrons. The van der Waals surface area contributed by atoms with Gasteiger partial charge >= 0.3 is 6.03 Å². The molecule has 2 amide bonds. The van der Waals surface area contributed by atoms with Gasteiger partial charge in [-0.3, -0.25) is 0 Å². The van der Waals surface area contributed by atoms with Gasteiger partial charge in [-0.05, 0) is 12.8 Å². The van der Waals surface area contributed by atoms with Crippen molar-refractivity contribution in [3.63, 3.8) is 0 Å². The van der Waals surface area contributed by atoms with Crippen LogP contribution in [0.2, 0.25) is 0 Å². The second-order valence-corrected chi connectivity index (χ2v) is 4.33. The van der Waals surface area contributed by atoms with Crippen molar-refractivity contribution in [3.8, 4) is 0 Å². The Balaban J connectivity index is 2.02. The molecule has 1 fully saturated rings. The average Bonchev–Trinajstić information content (AvgIpc) is 2.77. The lowest BCUT2D eigenvalue weighted by atomic mass is 10.2. The first-order chi connectivity index (χ1) is 8.56. The number of carbonyl (C=O) groups is 1. The van der Waals surface area contributed by atoms with Crippen molar-refractivity contribution in [2.45, 2.75) is 31.7 Å². The molecule has 3 nitrogen and oxygen atoms in total. The predicted octanol–water partition coefficient (Wildman–Crippen LogP) is 3.17. The first-order valence-electron chi connectivity index (χ1n) is 5.78. The minimum absolute atomic E-state index is 0.0477. The van der Waals surface area contributed by atoms with Gasteiger partial charge in [0.15, 0.2) is 11.6 Å². The molecule has 0 bridgehead atoms. The van der Waals surface area contributed by atoms with Crippen molar-refractivity contribution in [2.24, 2.45) is 0 Å². The number of urea groups is 1. The standard InChI is InChI=1S/C12H13F3N2O/c13-7-5-9(14)11(15)10(6-7)17-12(18)16-8-3-1-2-4-8/h5-6,8H,1-4H2,(H2,16,17,18). The largest absolute Gasteiger partial charge is 0.335 e. The van der Waals surface area contributed by atoms with E-state index in [1.54, 1.807) is 0 Å². The van der Waals surface area contributed by atoms with Gasteiger partial charge in [-0.1, -0.05) is 12.8 Å². The summed E-state index contributed by atoms with van der Waals surface area (Å²) in [7, 11) is 0. The maximum Gasteiger partial charge on any atom is 0.319 e. The van der Waals surface area contributed by atoms with Crippen molar-refractivity contribution in [1.29, 1.82) is 0 Å². The molecule has 1 saturated carbocycles. The topological polar surface area (TPSA) is 41.1 Å². The number of carbonyl (C=O) groups excluding carboxylic acids is 1. The number of halogens is 3. The molecule has 1 aromatic carbocycles. The SMILES string of the molecule is O=C(Nc1cc(F)cc(F)c1F)NC1CCCC1. The Morgan fingerprint density at radius 1 is 1.17 bits per heavy atom. The highest BCUT2D eigenvalue weighted by Crippen LogP contribution is 2.20. The Morgan fingerprint density at radius 2 is 1.83 bits per heavy atom. The van der Waals surface area contributed by atoms with Crippen LogP contribution >= 0.6 is 0 Å². The number of hydrogen-bond acceptors (Lipinski definition) is 1. The Bertz CT molecular complexity index is 459. The maximum atomic E-state index is 13.3. The fourth-order valence-corrected chi connectivity index (χ4v) is 2.06. The third-order valence-corrected chi connectivity index (χ3v) is 2.93. The van der Waals surface area contributed by atoms with Crippen LogP contribution in [-0.4, -0.2) is 12.1 Å². The van der Waals surface area contributed by atoms with Gasteiger partial charge in [0.05, 0.1) is 5.69 Å². The van der Waals surface area contributed by atoms with E-state index in [1.165, 1.54) is 0 Å². The summed E-state index contributed by atoms with van der Waals surface area (Å²) in [6.07, 6.45) is 3.81. The minimum atomic E-state index is -1.33. The number of hydrogen-bond donors (Lipinski definition) is 2. The smallest absolute Gasteiger partial charge is 0.319 e. The van der Waals surface area contributed by atoms with Crippen molar-refractivity contribution < 1.29 is 18.0 Å². The number of nitrogens with one attached hydrogen (secondary N) is 2. The van der Waals surface area contributed by atoms with E-state index in [4.69, 9.17) is 0 Å². The number of anilines is 1. The molecular formula is C12H13F3N2O. The maximum absolute atomic E-state index is 13.3. The first-order valence-corrected chi connectivity index (χ1v) is 5.78. The van der Waals surface area contributed by atoms with Crippen LogP contribution in [0, 0.1) is 17.5 Å². The summed E-state index contributed by atoms with van der Waals surface area (Å²) in [4.78, 5) is 11.5. The highest BCUT2D eigenvalue weighted by molar-refractivity contribution is 5.89. The zero-order chi connectivity index (χ0) is 13.1. The molecule has 2 rings (SSSR count). The highest BCUT2D eigenvalue weighted by Gasteiger charge is 2.18. The lowest BCUT2D eigenvalue weighted by Gasteiger charge is -2.13. The summed E-state index contributed by atoms with van der Waals surface area (Å²) < 4.78 is 39.1. The van der Waals surface area contributed by atoms with Crippen molar-refractivity contribution >= 4 is 11.7 Å². The Kier molecular flexibility index (Phi) is 3.74. The second-order valence-electron chi connectivity index (χ2n) is 4.33. The number of rotatable bonds is 2. The summed E-state index contributed by atoms with van der Waals surface area (Å²) >= 11 is 0. The van der Waals surface area contributed by atoms with Gasteiger partial charge in [-0.15, -0.1) is 0 Å². The molecule has 0 aromatic heterocycles. The summed E-state index contributed by atoms with van der Waals surface area (Å²) in [5.74, 6) is -3.53. The predicted molar refractivity (Wildman–Crippen MR) is 60.7 cm³/mol. The summed E-state index contributed by atoms with van der Waals surface area (Å²) in [5.41, 5.74) is -0.497. The molecule has 0 atom stereocenters. The van der Waals surface area contributed by atoms with Crippen LogP contribution < -0.4 is 10.6 Å². The van der Waals surface area contributed by atoms with E-state index in [2.05, 4.69) is 10.6 Å². The van der Waals surface area contributed by atoms with Crippen LogP contribution in [0.5, 0.6) is 0 Å². The zero-order valence-electron chi connectivity index (χ0n) is 9.60. The van der Waals surface area contributed by atoms with Crippen LogP contribution in [0.25, 0.3) is 0 Å². The average molecular weight is 258 g/mol. The quantitative estimate of drug-likeness (QED) is 0.786. The third kappa shape index (κ3) is 2.94. The van der Waals surface area contributed by atoms with E-state index in [9.17, 15) is 18.0 Å². The zero-order valence-corrected chi connectivity index (χ0v) is 9.60. The van der Waals surface area contributed by atoms with E-state index in [-0.39, 0.29) is 6.04 Å². The van der Waals surface area contributed by atoms with Crippen molar-refractivity contribution in [1.82, 2.24) is 5.32 Å². The Morgan fingerprint density at radius 3 is 2.50 bits per heavy atom. The molecule has 2 N–H and O–H groups in total. The monoisotopic (exact) mass is 258 g/mol. The van der Waals surface area contributed by atoms with E-state index in [1.807, 2.05) is 0 Å². The van der Waals surface area contributed by atoms with Gasteiger partial charge in [0.1, 0.15) is 5.82 Å². The molecule has 18 heavy (non-hydrogen) atoms. The molecule has 0 spiro atoms. The van der Waals surface area contributed by atoms with Crippen LogP contribution in [0.15, 0.2) is 12.1 Å². The molecule has 0 aliphatic heterocycles. The molecule has 0 unspecified atom stereocenters. The van der Waals surface area contributed by atoms with E-state index < -0.39 is 29.2 Å². The van der Waals surface area contributed by atoms with Gasteiger partial charge in [-0.2, -0.15) is 0 Å². The Hall–Kier alpha value is -1.72. The van der Waals surface area contributed by atoms with Crippen molar-refractivity contribution in [2.75, 3.05) is 5.32 Å². The molecule has 98 valence electrons. The normalized spacial score (nSPS) is 15.7. The fraction of sp³-hybridized carbons (Fsp3) is 0.417. The third-order valence-electron chi connectivity index (χ3n) is 2.93. The van der Waals surface area contributed by atoms with Crippen LogP contribution in [0.1, 0.15) is 25.7 Å². The van der Waals surface area contributed by atoms with Gasteiger partial charge in [0, 0.05) is 18.2 Å². The van der Waals surface area contributed by atoms with Gasteiger partial charge < -0.3 is 10.6 Å². The van der Waals surface area contributed by atoms with Crippen LogP contribution in [0.3, 0.4) is 0 Å². The molecule has 0 heterocycles. The lowest BCUT2D eigenvalue weighted by molar-refractivity contribution is 0.248. The van der Waals surface area contributed by atoms with E-state index >= 15 is 0 Å². The summed E-state index contributed by atoms with van der Waals surface area (Å²) in [5, 5.41) is 4.75. The minimum Gasteiger partial charge on any atom is -0.335 e. The molecular weight excluding hydrogens is 245 g/mol. The Labute approximate surface area is 102 Å². The highest BCUT2D eigenvalue weighted by atomic mass is 19.2. The van der Waals surface area contributed by atoms with E-state index in [0.717, 1.165) is 31.7 Å². The van der Waals surface area contributed by atoms with Gasteiger partial charge in [-0.25, -0.2) is 18.0 Å². The van der Waals surface area contributed by atoms with E-state index in [0.29, 0.717) is 6.07 Å². The number of benzene rings is 1. The molecule has 1 aromatic rings. The van der Waals surface area contributed by atoms with Gasteiger partial charge in [0.25, 0.3) is 0 Å². The summed E-state index contributed by atoms with van der Waals surface area (Å²) in [6.45, 7) is 0. The second kappa shape index (κ2) is 5.29. The first kappa shape index (κ1) is 12.7. The van der Waals surface area contributed by atoms with Crippen LogP contribution in [0.4, 0.5) is 23.7 Å². The lowest BCUT2D eigenvalue weighted by Crippen LogP contribution is -2.36. The summed E-state index contributed by atoms with van der Waals surface area (Å²) in [6, 6.07) is 0.569. The van der Waals surface area contributed by atoms with Crippen molar-refractivity contribution in [3.05, 3.63) is 29.6 Å².